The highest BCUT2D eigenvalue weighted by Crippen LogP contribution is 2.45. The van der Waals surface area contributed by atoms with Crippen molar-refractivity contribution in [3.63, 3.8) is 0 Å². The normalized spacial score (nSPS) is 14.1. The Morgan fingerprint density at radius 1 is 1.14 bits per heavy atom. The monoisotopic (exact) mass is 498 g/mol. The van der Waals surface area contributed by atoms with Crippen LogP contribution in [-0.2, 0) is 19.6 Å². The maximum absolute atomic E-state index is 13.0. The number of aliphatic carboxylic acids is 1. The van der Waals surface area contributed by atoms with Crippen molar-refractivity contribution in [2.24, 2.45) is 0 Å². The smallest absolute Gasteiger partial charge is 0.479 e. The molecular weight excluding hydrogens is 481 g/mol. The summed E-state index contributed by atoms with van der Waals surface area (Å²) in [5.41, 5.74) is -6.86. The van der Waals surface area contributed by atoms with E-state index in [0.717, 1.165) is 0 Å². The summed E-state index contributed by atoms with van der Waals surface area (Å²) in [6.45, 7) is 6.10. The molecule has 0 heterocycles. The minimum Gasteiger partial charge on any atom is -0.479 e. The number of hydrogen-bond donors (Lipinski definition) is 1. The number of ether oxygens (including phenoxy) is 1. The predicted octanol–water partition coefficient (Wildman–Crippen LogP) is 5.08. The summed E-state index contributed by atoms with van der Waals surface area (Å²) in [5, 5.41) is 10.0. The molecule has 29 heavy (non-hydrogen) atoms. The molecule has 2 aromatic rings. The number of carbonyl (C=O) groups is 1. The third kappa shape index (κ3) is 4.84. The molecule has 1 atom stereocenters. The lowest BCUT2D eigenvalue weighted by Gasteiger charge is -2.28. The topological polar surface area (TPSA) is 89.9 Å². The zero-order chi connectivity index (χ0) is 22.4. The second-order valence-corrected chi connectivity index (χ2v) is 9.49. The van der Waals surface area contributed by atoms with Gasteiger partial charge in [-0.3, -0.25) is 0 Å². The largest absolute Gasteiger partial charge is 0.534 e. The maximum atomic E-state index is 13.0. The summed E-state index contributed by atoms with van der Waals surface area (Å²) >= 11 is 3.31. The van der Waals surface area contributed by atoms with Crippen LogP contribution >= 0.6 is 15.9 Å². The molecule has 1 unspecified atom stereocenters. The summed E-state index contributed by atoms with van der Waals surface area (Å²) in [6.07, 6.45) is -1.78. The Hall–Kier alpha value is -1.85. The molecule has 0 radical (unpaired) electrons. The van der Waals surface area contributed by atoms with Crippen molar-refractivity contribution in [3.8, 4) is 5.75 Å². The molecule has 0 aliphatic heterocycles. The van der Waals surface area contributed by atoms with E-state index in [-0.39, 0.29) is 16.5 Å². The van der Waals surface area contributed by atoms with Crippen LogP contribution in [0.1, 0.15) is 38.0 Å². The van der Waals surface area contributed by atoms with E-state index < -0.39 is 39.1 Å². The summed E-state index contributed by atoms with van der Waals surface area (Å²) in [6, 6.07) is 5.92. The fourth-order valence-corrected chi connectivity index (χ4v) is 3.71. The highest BCUT2D eigenvalue weighted by Gasteiger charge is 2.49. The van der Waals surface area contributed by atoms with Gasteiger partial charge < -0.3 is 14.0 Å². The van der Waals surface area contributed by atoms with Gasteiger partial charge in [0.15, 0.2) is 11.9 Å². The number of fused-ring (bicyclic) bond motifs is 1. The number of hydrogen-bond acceptors (Lipinski definition) is 5. The van der Waals surface area contributed by atoms with E-state index in [9.17, 15) is 31.5 Å². The Morgan fingerprint density at radius 3 is 2.10 bits per heavy atom. The number of alkyl halides is 3. The van der Waals surface area contributed by atoms with Crippen LogP contribution in [0.5, 0.6) is 5.75 Å². The van der Waals surface area contributed by atoms with Crippen molar-refractivity contribution >= 4 is 42.8 Å². The second kappa shape index (κ2) is 7.77. The van der Waals surface area contributed by atoms with Crippen LogP contribution in [-0.4, -0.2) is 30.6 Å². The van der Waals surface area contributed by atoms with Crippen LogP contribution in [0.2, 0.25) is 0 Å². The molecular formula is C18H18BrF3O6S. The summed E-state index contributed by atoms with van der Waals surface area (Å²) in [5.74, 6) is -2.25. The number of halogens is 4. The number of benzene rings is 2. The Balaban J connectivity index is 2.93. The van der Waals surface area contributed by atoms with Crippen LogP contribution in [0, 0.1) is 6.92 Å². The lowest BCUT2D eigenvalue weighted by Crippen LogP contribution is -2.31. The quantitative estimate of drug-likeness (QED) is 0.456. The van der Waals surface area contributed by atoms with Crippen molar-refractivity contribution in [2.75, 3.05) is 0 Å². The van der Waals surface area contributed by atoms with Gasteiger partial charge >= 0.3 is 21.6 Å². The number of rotatable bonds is 5. The van der Waals surface area contributed by atoms with Crippen LogP contribution < -0.4 is 4.18 Å². The van der Waals surface area contributed by atoms with E-state index >= 15 is 0 Å². The SMILES string of the molecule is Cc1c(C(OC(C)(C)C)C(=O)O)c(OS(=O)(=O)C(F)(F)F)c2ccccc2c1Br. The van der Waals surface area contributed by atoms with Gasteiger partial charge in [-0.25, -0.2) is 4.79 Å². The third-order valence-corrected chi connectivity index (χ3v) is 5.80. The van der Waals surface area contributed by atoms with E-state index in [1.807, 2.05) is 0 Å². The van der Waals surface area contributed by atoms with Gasteiger partial charge in [0.2, 0.25) is 0 Å². The van der Waals surface area contributed by atoms with E-state index in [1.54, 1.807) is 26.8 Å². The lowest BCUT2D eigenvalue weighted by atomic mass is 9.96. The van der Waals surface area contributed by atoms with E-state index in [0.29, 0.717) is 9.86 Å². The Morgan fingerprint density at radius 2 is 1.66 bits per heavy atom. The van der Waals surface area contributed by atoms with Gasteiger partial charge in [-0.1, -0.05) is 24.3 Å². The van der Waals surface area contributed by atoms with Gasteiger partial charge in [-0.05, 0) is 54.6 Å². The molecule has 0 saturated carbocycles. The molecule has 2 aromatic carbocycles. The first-order valence-electron chi connectivity index (χ1n) is 8.19. The molecule has 0 amide bonds. The second-order valence-electron chi connectivity index (χ2n) is 7.16. The molecule has 0 bridgehead atoms. The number of carboxylic acid groups (broad SMARTS) is 1. The average Bonchev–Trinajstić information content (AvgIpc) is 2.56. The molecule has 0 saturated heterocycles. The highest BCUT2D eigenvalue weighted by atomic mass is 79.9. The lowest BCUT2D eigenvalue weighted by molar-refractivity contribution is -0.160. The zero-order valence-corrected chi connectivity index (χ0v) is 18.2. The Bertz CT molecular complexity index is 1060. The molecule has 0 fully saturated rings. The van der Waals surface area contributed by atoms with Gasteiger partial charge in [0.05, 0.1) is 5.60 Å². The van der Waals surface area contributed by atoms with E-state index in [2.05, 4.69) is 20.1 Å². The van der Waals surface area contributed by atoms with Gasteiger partial charge in [-0.15, -0.1) is 0 Å². The zero-order valence-electron chi connectivity index (χ0n) is 15.8. The van der Waals surface area contributed by atoms with Crippen LogP contribution in [0.25, 0.3) is 10.8 Å². The molecule has 0 spiro atoms. The third-order valence-electron chi connectivity index (χ3n) is 3.82. The molecule has 11 heteroatoms. The Kier molecular flexibility index (Phi) is 6.27. The van der Waals surface area contributed by atoms with Gasteiger partial charge in [-0.2, -0.15) is 21.6 Å². The molecule has 0 aliphatic carbocycles. The minimum absolute atomic E-state index is 0.0171. The van der Waals surface area contributed by atoms with Gasteiger partial charge in [0.25, 0.3) is 0 Å². The maximum Gasteiger partial charge on any atom is 0.534 e. The molecule has 6 nitrogen and oxygen atoms in total. The van der Waals surface area contributed by atoms with Crippen LogP contribution in [0.4, 0.5) is 13.2 Å². The molecule has 0 aliphatic rings. The molecule has 2 rings (SSSR count). The first kappa shape index (κ1) is 23.4. The van der Waals surface area contributed by atoms with Crippen molar-refractivity contribution < 1.29 is 40.4 Å². The standard InChI is InChI=1S/C18H18BrF3O6S/c1-9-12(15(16(23)24)27-17(2,3)4)14(28-29(25,26)18(20,21)22)11-8-6-5-7-10(11)13(9)19/h5-8,15H,1-4H3,(H,23,24). The molecule has 0 aromatic heterocycles. The first-order chi connectivity index (χ1) is 13.1. The predicted molar refractivity (Wildman–Crippen MR) is 103 cm³/mol. The van der Waals surface area contributed by atoms with Crippen molar-refractivity contribution in [3.05, 3.63) is 39.9 Å². The van der Waals surface area contributed by atoms with E-state index in [4.69, 9.17) is 4.74 Å². The first-order valence-corrected chi connectivity index (χ1v) is 10.4. The van der Waals surface area contributed by atoms with Crippen molar-refractivity contribution in [2.45, 2.75) is 44.9 Å². The summed E-state index contributed by atoms with van der Waals surface area (Å²) < 4.78 is 72.9. The average molecular weight is 499 g/mol. The van der Waals surface area contributed by atoms with Crippen LogP contribution in [0.3, 0.4) is 0 Å². The summed E-state index contributed by atoms with van der Waals surface area (Å²) in [4.78, 5) is 11.9. The number of carboxylic acids is 1. The molecule has 1 N–H and O–H groups in total. The van der Waals surface area contributed by atoms with Crippen molar-refractivity contribution in [1.29, 1.82) is 0 Å². The van der Waals surface area contributed by atoms with E-state index in [1.165, 1.54) is 25.1 Å². The van der Waals surface area contributed by atoms with Crippen molar-refractivity contribution in [1.82, 2.24) is 0 Å². The molecule has 160 valence electrons. The highest BCUT2D eigenvalue weighted by molar-refractivity contribution is 9.10. The Labute approximate surface area is 173 Å². The van der Waals surface area contributed by atoms with Gasteiger partial charge in [0.1, 0.15) is 0 Å². The fraction of sp³-hybridized carbons (Fsp3) is 0.389. The van der Waals surface area contributed by atoms with Gasteiger partial charge in [0, 0.05) is 15.4 Å². The summed E-state index contributed by atoms with van der Waals surface area (Å²) in [7, 11) is -6.06. The van der Waals surface area contributed by atoms with Crippen LogP contribution in [0.15, 0.2) is 28.7 Å². The fourth-order valence-electron chi connectivity index (χ4n) is 2.66. The minimum atomic E-state index is -6.06.